The number of nitrogens with zero attached hydrogens (tertiary/aromatic N) is 4. The third-order valence-corrected chi connectivity index (χ3v) is 4.84. The fourth-order valence-electron chi connectivity index (χ4n) is 3.33. The topological polar surface area (TPSA) is 76.4 Å². The Hall–Kier alpha value is -3.35. The molecule has 1 aliphatic heterocycles. The summed E-state index contributed by atoms with van der Waals surface area (Å²) >= 11 is 0. The van der Waals surface area contributed by atoms with E-state index in [1.807, 2.05) is 12.1 Å². The summed E-state index contributed by atoms with van der Waals surface area (Å²) in [6.45, 7) is 5.14. The summed E-state index contributed by atoms with van der Waals surface area (Å²) in [7, 11) is 0. The van der Waals surface area contributed by atoms with Gasteiger partial charge in [0.15, 0.2) is 5.96 Å². The van der Waals surface area contributed by atoms with Gasteiger partial charge in [-0.15, -0.1) is 0 Å². The number of hydrogen-bond donors (Lipinski definition) is 2. The number of ether oxygens (including phenoxy) is 1. The van der Waals surface area contributed by atoms with Crippen molar-refractivity contribution in [1.29, 1.82) is 0 Å². The lowest BCUT2D eigenvalue weighted by Crippen LogP contribution is -2.38. The van der Waals surface area contributed by atoms with E-state index in [-0.39, 0.29) is 0 Å². The third kappa shape index (κ3) is 4.93. The van der Waals surface area contributed by atoms with Crippen LogP contribution in [0.4, 0.5) is 0 Å². The fraction of sp³-hybridized carbons (Fsp3) is 0.318. The van der Waals surface area contributed by atoms with E-state index in [9.17, 15) is 0 Å². The first-order valence-corrected chi connectivity index (χ1v) is 10.0. The van der Waals surface area contributed by atoms with Gasteiger partial charge < -0.3 is 15.4 Å². The molecule has 2 aromatic carbocycles. The zero-order chi connectivity index (χ0) is 19.9. The molecule has 7 nitrogen and oxygen atoms in total. The van der Waals surface area contributed by atoms with Crippen LogP contribution in [-0.2, 0) is 19.4 Å². The largest absolute Gasteiger partial charge is 0.493 e. The Kier molecular flexibility index (Phi) is 6.04. The Morgan fingerprint density at radius 2 is 2.00 bits per heavy atom. The van der Waals surface area contributed by atoms with Gasteiger partial charge in [0.25, 0.3) is 0 Å². The van der Waals surface area contributed by atoms with Gasteiger partial charge in [0.2, 0.25) is 0 Å². The molecule has 29 heavy (non-hydrogen) atoms. The highest BCUT2D eigenvalue weighted by atomic mass is 16.5. The molecule has 0 radical (unpaired) electrons. The molecule has 0 unspecified atom stereocenters. The SMILES string of the molecule is CCNC(=NCc1ccc(-n2cncn2)cc1)NCCc1ccc2c(c1)CCO2. The highest BCUT2D eigenvalue weighted by Gasteiger charge is 2.11. The summed E-state index contributed by atoms with van der Waals surface area (Å²) < 4.78 is 7.32. The van der Waals surface area contributed by atoms with Crippen molar-refractivity contribution in [2.24, 2.45) is 4.99 Å². The van der Waals surface area contributed by atoms with E-state index in [0.717, 1.165) is 55.5 Å². The van der Waals surface area contributed by atoms with Crippen molar-refractivity contribution in [3.8, 4) is 11.4 Å². The van der Waals surface area contributed by atoms with Gasteiger partial charge in [-0.2, -0.15) is 5.10 Å². The van der Waals surface area contributed by atoms with Crippen LogP contribution < -0.4 is 15.4 Å². The predicted octanol–water partition coefficient (Wildman–Crippen LogP) is 2.50. The molecule has 0 spiro atoms. The van der Waals surface area contributed by atoms with E-state index in [1.54, 1.807) is 11.0 Å². The van der Waals surface area contributed by atoms with E-state index in [1.165, 1.54) is 17.5 Å². The molecule has 150 valence electrons. The Balaban J connectivity index is 1.31. The van der Waals surface area contributed by atoms with Crippen LogP contribution in [0.3, 0.4) is 0 Å². The maximum Gasteiger partial charge on any atom is 0.191 e. The van der Waals surface area contributed by atoms with Gasteiger partial charge in [-0.05, 0) is 48.2 Å². The second kappa shape index (κ2) is 9.23. The lowest BCUT2D eigenvalue weighted by molar-refractivity contribution is 0.357. The maximum atomic E-state index is 5.58. The van der Waals surface area contributed by atoms with Crippen molar-refractivity contribution >= 4 is 5.96 Å². The Labute approximate surface area is 170 Å². The Morgan fingerprint density at radius 1 is 1.14 bits per heavy atom. The van der Waals surface area contributed by atoms with Gasteiger partial charge in [-0.3, -0.25) is 0 Å². The molecule has 0 saturated carbocycles. The van der Waals surface area contributed by atoms with Crippen LogP contribution in [0.2, 0.25) is 0 Å². The molecule has 7 heteroatoms. The molecule has 2 N–H and O–H groups in total. The van der Waals surface area contributed by atoms with Crippen molar-refractivity contribution in [3.63, 3.8) is 0 Å². The molecule has 0 fully saturated rings. The van der Waals surface area contributed by atoms with E-state index in [4.69, 9.17) is 9.73 Å². The quantitative estimate of drug-likeness (QED) is 0.479. The van der Waals surface area contributed by atoms with Crippen LogP contribution in [0.1, 0.15) is 23.6 Å². The zero-order valence-electron chi connectivity index (χ0n) is 16.6. The summed E-state index contributed by atoms with van der Waals surface area (Å²) in [6.07, 6.45) is 5.18. The van der Waals surface area contributed by atoms with Gasteiger partial charge in [0.05, 0.1) is 18.8 Å². The fourth-order valence-corrected chi connectivity index (χ4v) is 3.33. The predicted molar refractivity (Wildman–Crippen MR) is 114 cm³/mol. The van der Waals surface area contributed by atoms with Crippen molar-refractivity contribution in [2.75, 3.05) is 19.7 Å². The number of aliphatic imine (C=N–C) groups is 1. The second-order valence-corrected chi connectivity index (χ2v) is 6.92. The average molecular weight is 390 g/mol. The molecule has 1 aliphatic rings. The summed E-state index contributed by atoms with van der Waals surface area (Å²) in [5, 5.41) is 10.9. The van der Waals surface area contributed by atoms with Gasteiger partial charge in [0.1, 0.15) is 18.4 Å². The minimum Gasteiger partial charge on any atom is -0.493 e. The zero-order valence-corrected chi connectivity index (χ0v) is 16.6. The highest BCUT2D eigenvalue weighted by molar-refractivity contribution is 5.79. The van der Waals surface area contributed by atoms with E-state index < -0.39 is 0 Å². The number of fused-ring (bicyclic) bond motifs is 1. The molecule has 0 saturated heterocycles. The summed E-state index contributed by atoms with van der Waals surface area (Å²) in [6, 6.07) is 14.7. The summed E-state index contributed by atoms with van der Waals surface area (Å²) in [4.78, 5) is 8.68. The lowest BCUT2D eigenvalue weighted by atomic mass is 10.1. The molecule has 1 aromatic heterocycles. The van der Waals surface area contributed by atoms with Gasteiger partial charge in [-0.1, -0.05) is 24.3 Å². The molecule has 0 aliphatic carbocycles. The smallest absolute Gasteiger partial charge is 0.191 e. The number of hydrogen-bond acceptors (Lipinski definition) is 4. The monoisotopic (exact) mass is 390 g/mol. The molecule has 0 atom stereocenters. The van der Waals surface area contributed by atoms with Crippen molar-refractivity contribution in [2.45, 2.75) is 26.3 Å². The van der Waals surface area contributed by atoms with Gasteiger partial charge in [0, 0.05) is 19.5 Å². The molecule has 0 bridgehead atoms. The number of benzene rings is 2. The van der Waals surface area contributed by atoms with E-state index in [0.29, 0.717) is 6.54 Å². The Bertz CT molecular complexity index is 950. The first kappa shape index (κ1) is 19.0. The first-order valence-electron chi connectivity index (χ1n) is 10.0. The van der Waals surface area contributed by atoms with Crippen LogP contribution in [0.25, 0.3) is 5.69 Å². The van der Waals surface area contributed by atoms with E-state index in [2.05, 4.69) is 58.0 Å². The van der Waals surface area contributed by atoms with Gasteiger partial charge in [-0.25, -0.2) is 14.7 Å². The lowest BCUT2D eigenvalue weighted by Gasteiger charge is -2.12. The van der Waals surface area contributed by atoms with Crippen molar-refractivity contribution in [3.05, 3.63) is 71.8 Å². The number of aromatic nitrogens is 3. The standard InChI is InChI=1S/C22H26N6O/c1-2-24-22(25-11-9-17-5-8-21-19(13-17)10-12-29-21)26-14-18-3-6-20(7-4-18)28-16-23-15-27-28/h3-8,13,15-16H,2,9-12,14H2,1H3,(H2,24,25,26). The molecule has 4 rings (SSSR count). The summed E-state index contributed by atoms with van der Waals surface area (Å²) in [5.74, 6) is 1.86. The minimum absolute atomic E-state index is 0.614. The van der Waals surface area contributed by atoms with E-state index >= 15 is 0 Å². The molecular weight excluding hydrogens is 364 g/mol. The Morgan fingerprint density at radius 3 is 2.79 bits per heavy atom. The minimum atomic E-state index is 0.614. The van der Waals surface area contributed by atoms with Crippen molar-refractivity contribution in [1.82, 2.24) is 25.4 Å². The molecule has 0 amide bonds. The van der Waals surface area contributed by atoms with Crippen LogP contribution in [0.15, 0.2) is 60.1 Å². The van der Waals surface area contributed by atoms with Crippen molar-refractivity contribution < 1.29 is 4.74 Å². The van der Waals surface area contributed by atoms with Crippen LogP contribution in [0.5, 0.6) is 5.75 Å². The van der Waals surface area contributed by atoms with Crippen LogP contribution in [0, 0.1) is 0 Å². The molecule has 2 heterocycles. The second-order valence-electron chi connectivity index (χ2n) is 6.92. The third-order valence-electron chi connectivity index (χ3n) is 4.84. The van der Waals surface area contributed by atoms with Crippen LogP contribution >= 0.6 is 0 Å². The van der Waals surface area contributed by atoms with Crippen LogP contribution in [-0.4, -0.2) is 40.4 Å². The number of guanidine groups is 1. The number of nitrogens with one attached hydrogen (secondary N) is 2. The maximum absolute atomic E-state index is 5.58. The first-order chi connectivity index (χ1) is 14.3. The highest BCUT2D eigenvalue weighted by Crippen LogP contribution is 2.25. The average Bonchev–Trinajstić information content (AvgIpc) is 3.44. The van der Waals surface area contributed by atoms with Gasteiger partial charge >= 0.3 is 0 Å². The molecular formula is C22H26N6O. The normalized spacial score (nSPS) is 13.1. The summed E-state index contributed by atoms with van der Waals surface area (Å²) in [5.41, 5.74) is 4.77. The number of rotatable bonds is 7. The molecule has 3 aromatic rings.